The van der Waals surface area contributed by atoms with Crippen molar-refractivity contribution in [1.29, 1.82) is 0 Å². The highest BCUT2D eigenvalue weighted by Gasteiger charge is 2.03. The summed E-state index contributed by atoms with van der Waals surface area (Å²) in [5, 5.41) is 3.34. The number of nitrogens with one attached hydrogen (secondary N) is 1. The molecule has 2 rings (SSSR count). The van der Waals surface area contributed by atoms with Crippen molar-refractivity contribution in [3.05, 3.63) is 47.7 Å². The van der Waals surface area contributed by atoms with Gasteiger partial charge in [0.2, 0.25) is 5.88 Å². The van der Waals surface area contributed by atoms with Crippen LogP contribution in [0, 0.1) is 6.92 Å². The highest BCUT2D eigenvalue weighted by molar-refractivity contribution is 5.57. The zero-order valence-electron chi connectivity index (χ0n) is 11.4. The Morgan fingerprint density at radius 3 is 2.58 bits per heavy atom. The molecule has 0 saturated heterocycles. The summed E-state index contributed by atoms with van der Waals surface area (Å²) in [4.78, 5) is 4.17. The van der Waals surface area contributed by atoms with E-state index in [-0.39, 0.29) is 0 Å². The third-order valence-corrected chi connectivity index (χ3v) is 2.85. The molecule has 1 heterocycles. The number of aromatic nitrogens is 1. The fourth-order valence-corrected chi connectivity index (χ4v) is 1.78. The van der Waals surface area contributed by atoms with E-state index in [1.165, 1.54) is 5.56 Å². The van der Waals surface area contributed by atoms with Crippen LogP contribution in [-0.4, -0.2) is 19.2 Å². The number of hydrogen-bond donors (Lipinski definition) is 1. The standard InChI is InChI=1S/C15H18N2O2/c1-11-4-6-13(14(8-11)18-2)16-9-12-5-7-15(19-3)17-10-12/h4-8,10,16H,9H2,1-3H3. The number of rotatable bonds is 5. The van der Waals surface area contributed by atoms with Crippen molar-refractivity contribution in [1.82, 2.24) is 4.98 Å². The van der Waals surface area contributed by atoms with E-state index in [2.05, 4.69) is 16.4 Å². The monoisotopic (exact) mass is 258 g/mol. The average Bonchev–Trinajstić information content (AvgIpc) is 2.46. The van der Waals surface area contributed by atoms with Crippen LogP contribution in [0.4, 0.5) is 5.69 Å². The van der Waals surface area contributed by atoms with Gasteiger partial charge in [0.15, 0.2) is 0 Å². The van der Waals surface area contributed by atoms with Gasteiger partial charge in [-0.05, 0) is 30.2 Å². The van der Waals surface area contributed by atoms with Crippen LogP contribution < -0.4 is 14.8 Å². The Hall–Kier alpha value is -2.23. The number of ether oxygens (including phenoxy) is 2. The first-order valence-electron chi connectivity index (χ1n) is 6.10. The van der Waals surface area contributed by atoms with E-state index in [4.69, 9.17) is 9.47 Å². The molecule has 0 aliphatic rings. The topological polar surface area (TPSA) is 43.4 Å². The van der Waals surface area contributed by atoms with E-state index in [9.17, 15) is 0 Å². The van der Waals surface area contributed by atoms with Gasteiger partial charge in [-0.3, -0.25) is 0 Å². The van der Waals surface area contributed by atoms with E-state index in [0.29, 0.717) is 12.4 Å². The number of aryl methyl sites for hydroxylation is 1. The molecular weight excluding hydrogens is 240 g/mol. The Balaban J connectivity index is 2.05. The molecule has 100 valence electrons. The molecule has 1 aromatic carbocycles. The molecule has 1 N–H and O–H groups in total. The Kier molecular flexibility index (Phi) is 4.23. The summed E-state index contributed by atoms with van der Waals surface area (Å²) in [6.45, 7) is 2.73. The van der Waals surface area contributed by atoms with Crippen LogP contribution in [0.1, 0.15) is 11.1 Å². The lowest BCUT2D eigenvalue weighted by atomic mass is 10.2. The van der Waals surface area contributed by atoms with Crippen LogP contribution in [0.3, 0.4) is 0 Å². The van der Waals surface area contributed by atoms with Gasteiger partial charge >= 0.3 is 0 Å². The zero-order chi connectivity index (χ0) is 13.7. The number of pyridine rings is 1. The number of anilines is 1. The summed E-state index contributed by atoms with van der Waals surface area (Å²) in [5.74, 6) is 1.47. The third kappa shape index (κ3) is 3.37. The lowest BCUT2D eigenvalue weighted by Crippen LogP contribution is -2.02. The fraction of sp³-hybridized carbons (Fsp3) is 0.267. The molecule has 0 fully saturated rings. The Labute approximate surface area is 113 Å². The molecule has 0 saturated carbocycles. The van der Waals surface area contributed by atoms with E-state index in [1.54, 1.807) is 20.4 Å². The minimum atomic E-state index is 0.622. The highest BCUT2D eigenvalue weighted by atomic mass is 16.5. The van der Waals surface area contributed by atoms with E-state index < -0.39 is 0 Å². The van der Waals surface area contributed by atoms with E-state index in [1.807, 2.05) is 31.2 Å². The molecule has 1 aromatic heterocycles. The largest absolute Gasteiger partial charge is 0.495 e. The Bertz CT molecular complexity index is 538. The molecular formula is C15H18N2O2. The van der Waals surface area contributed by atoms with Crippen molar-refractivity contribution >= 4 is 5.69 Å². The molecule has 0 aliphatic heterocycles. The molecule has 0 amide bonds. The molecule has 2 aromatic rings. The van der Waals surface area contributed by atoms with Gasteiger partial charge in [0.05, 0.1) is 19.9 Å². The first kappa shape index (κ1) is 13.2. The number of methoxy groups -OCH3 is 2. The van der Waals surface area contributed by atoms with Gasteiger partial charge < -0.3 is 14.8 Å². The highest BCUT2D eigenvalue weighted by Crippen LogP contribution is 2.25. The smallest absolute Gasteiger partial charge is 0.212 e. The molecule has 0 spiro atoms. The molecule has 4 heteroatoms. The zero-order valence-corrected chi connectivity index (χ0v) is 11.4. The molecule has 0 unspecified atom stereocenters. The molecule has 19 heavy (non-hydrogen) atoms. The minimum Gasteiger partial charge on any atom is -0.495 e. The van der Waals surface area contributed by atoms with Gasteiger partial charge in [0, 0.05) is 18.8 Å². The third-order valence-electron chi connectivity index (χ3n) is 2.85. The quantitative estimate of drug-likeness (QED) is 0.895. The summed E-state index contributed by atoms with van der Waals surface area (Å²) < 4.78 is 10.4. The van der Waals surface area contributed by atoms with Crippen LogP contribution >= 0.6 is 0 Å². The summed E-state index contributed by atoms with van der Waals surface area (Å²) in [6, 6.07) is 9.92. The summed E-state index contributed by atoms with van der Waals surface area (Å²) >= 11 is 0. The normalized spacial score (nSPS) is 10.1. The molecule has 0 bridgehead atoms. The van der Waals surface area contributed by atoms with Gasteiger partial charge in [-0.15, -0.1) is 0 Å². The van der Waals surface area contributed by atoms with Crippen molar-refractivity contribution < 1.29 is 9.47 Å². The lowest BCUT2D eigenvalue weighted by Gasteiger charge is -2.12. The molecule has 0 atom stereocenters. The van der Waals surface area contributed by atoms with E-state index >= 15 is 0 Å². The number of nitrogens with zero attached hydrogens (tertiary/aromatic N) is 1. The minimum absolute atomic E-state index is 0.622. The van der Waals surface area contributed by atoms with Crippen LogP contribution in [-0.2, 0) is 6.54 Å². The van der Waals surface area contributed by atoms with Gasteiger partial charge in [0.1, 0.15) is 5.75 Å². The average molecular weight is 258 g/mol. The van der Waals surface area contributed by atoms with Crippen LogP contribution in [0.5, 0.6) is 11.6 Å². The van der Waals surface area contributed by atoms with Crippen LogP contribution in [0.25, 0.3) is 0 Å². The lowest BCUT2D eigenvalue weighted by molar-refractivity contribution is 0.397. The second kappa shape index (κ2) is 6.09. The Morgan fingerprint density at radius 1 is 1.11 bits per heavy atom. The van der Waals surface area contributed by atoms with Crippen molar-refractivity contribution in [3.8, 4) is 11.6 Å². The van der Waals surface area contributed by atoms with Crippen molar-refractivity contribution in [2.75, 3.05) is 19.5 Å². The van der Waals surface area contributed by atoms with Crippen molar-refractivity contribution in [2.24, 2.45) is 0 Å². The maximum absolute atomic E-state index is 5.35. The first-order chi connectivity index (χ1) is 9.22. The molecule has 0 radical (unpaired) electrons. The van der Waals surface area contributed by atoms with Crippen molar-refractivity contribution in [2.45, 2.75) is 13.5 Å². The van der Waals surface area contributed by atoms with Gasteiger partial charge in [-0.2, -0.15) is 0 Å². The Morgan fingerprint density at radius 2 is 1.95 bits per heavy atom. The van der Waals surface area contributed by atoms with Crippen LogP contribution in [0.2, 0.25) is 0 Å². The van der Waals surface area contributed by atoms with Gasteiger partial charge in [-0.25, -0.2) is 4.98 Å². The van der Waals surface area contributed by atoms with Gasteiger partial charge in [-0.1, -0.05) is 12.1 Å². The SMILES string of the molecule is COc1ccc(CNc2ccc(C)cc2OC)cn1. The predicted molar refractivity (Wildman–Crippen MR) is 75.8 cm³/mol. The van der Waals surface area contributed by atoms with Gasteiger partial charge in [0.25, 0.3) is 0 Å². The first-order valence-corrected chi connectivity index (χ1v) is 6.10. The van der Waals surface area contributed by atoms with E-state index in [0.717, 1.165) is 17.0 Å². The second-order valence-corrected chi connectivity index (χ2v) is 4.27. The second-order valence-electron chi connectivity index (χ2n) is 4.27. The maximum atomic E-state index is 5.35. The predicted octanol–water partition coefficient (Wildman–Crippen LogP) is 3.02. The molecule has 0 aliphatic carbocycles. The van der Waals surface area contributed by atoms with Crippen molar-refractivity contribution in [3.63, 3.8) is 0 Å². The molecule has 4 nitrogen and oxygen atoms in total. The number of benzene rings is 1. The number of hydrogen-bond acceptors (Lipinski definition) is 4. The fourth-order valence-electron chi connectivity index (χ4n) is 1.78. The summed E-state index contributed by atoms with van der Waals surface area (Å²) in [6.07, 6.45) is 1.80. The summed E-state index contributed by atoms with van der Waals surface area (Å²) in [7, 11) is 3.28. The maximum Gasteiger partial charge on any atom is 0.212 e. The van der Waals surface area contributed by atoms with Crippen LogP contribution in [0.15, 0.2) is 36.5 Å². The summed E-state index contributed by atoms with van der Waals surface area (Å²) in [5.41, 5.74) is 3.24.